The Morgan fingerprint density at radius 1 is 1.55 bits per heavy atom. The van der Waals surface area contributed by atoms with Crippen molar-refractivity contribution < 1.29 is 0 Å². The molecule has 0 saturated carbocycles. The monoisotopic (exact) mass is 182 g/mol. The van der Waals surface area contributed by atoms with E-state index in [0.29, 0.717) is 0 Å². The lowest BCUT2D eigenvalue weighted by molar-refractivity contribution is 1.13. The molecule has 0 bridgehead atoms. The molecule has 0 aliphatic rings. The molecule has 0 N–H and O–H groups in total. The Kier molecular flexibility index (Phi) is 4.16. The zero-order valence-corrected chi connectivity index (χ0v) is 7.62. The van der Waals surface area contributed by atoms with Crippen LogP contribution in [0, 0.1) is 0 Å². The first-order valence-electron chi connectivity index (χ1n) is 3.32. The first-order valence-corrected chi connectivity index (χ1v) is 4.71. The highest BCUT2D eigenvalue weighted by Crippen LogP contribution is 2.13. The fraction of sp³-hybridized carbons (Fsp3) is 0.250. The number of aromatic nitrogens is 1. The van der Waals surface area contributed by atoms with E-state index in [0.717, 1.165) is 17.2 Å². The minimum absolute atomic E-state index is 0.844. The van der Waals surface area contributed by atoms with Gasteiger partial charge in [0.25, 0.3) is 0 Å². The van der Waals surface area contributed by atoms with E-state index >= 15 is 0 Å². The molecule has 1 aromatic rings. The number of thiocarbonyl (C=S) groups is 1. The average molecular weight is 182 g/mol. The van der Waals surface area contributed by atoms with Crippen molar-refractivity contribution in [1.82, 2.24) is 4.98 Å². The van der Waals surface area contributed by atoms with Crippen LogP contribution in [0.4, 0.5) is 0 Å². The largest absolute Gasteiger partial charge is 0.250 e. The Labute approximate surface area is 76.2 Å². The second-order valence-electron chi connectivity index (χ2n) is 1.91. The minimum atomic E-state index is 0.844. The van der Waals surface area contributed by atoms with Crippen LogP contribution in [0.2, 0.25) is 0 Å². The van der Waals surface area contributed by atoms with Crippen LogP contribution >= 0.6 is 24.0 Å². The first-order chi connectivity index (χ1) is 5.43. The zero-order valence-electron chi connectivity index (χ0n) is 5.99. The molecular weight excluding hydrogens is 174 g/mol. The molecular formula is C8H8NS2. The SMILES string of the molecule is S=[C]CCSc1ccccn1. The fourth-order valence-corrected chi connectivity index (χ4v) is 1.58. The Balaban J connectivity index is 2.33. The van der Waals surface area contributed by atoms with Gasteiger partial charge in [-0.3, -0.25) is 0 Å². The predicted molar refractivity (Wildman–Crippen MR) is 52.2 cm³/mol. The van der Waals surface area contributed by atoms with Gasteiger partial charge in [-0.1, -0.05) is 18.3 Å². The van der Waals surface area contributed by atoms with Crippen LogP contribution < -0.4 is 0 Å². The second kappa shape index (κ2) is 5.27. The van der Waals surface area contributed by atoms with Crippen molar-refractivity contribution in [3.8, 4) is 0 Å². The van der Waals surface area contributed by atoms with Gasteiger partial charge in [-0.2, -0.15) is 0 Å². The lowest BCUT2D eigenvalue weighted by atomic mass is 10.5. The highest BCUT2D eigenvalue weighted by molar-refractivity contribution is 7.99. The Bertz CT molecular complexity index is 211. The van der Waals surface area contributed by atoms with Gasteiger partial charge in [0.05, 0.1) is 5.03 Å². The van der Waals surface area contributed by atoms with E-state index in [-0.39, 0.29) is 0 Å². The van der Waals surface area contributed by atoms with E-state index in [1.165, 1.54) is 0 Å². The van der Waals surface area contributed by atoms with Crippen molar-refractivity contribution in [2.75, 3.05) is 5.75 Å². The topological polar surface area (TPSA) is 12.9 Å². The average Bonchev–Trinajstić information content (AvgIpc) is 2.07. The van der Waals surface area contributed by atoms with Gasteiger partial charge in [0.1, 0.15) is 0 Å². The van der Waals surface area contributed by atoms with E-state index in [4.69, 9.17) is 0 Å². The van der Waals surface area contributed by atoms with Crippen molar-refractivity contribution in [2.45, 2.75) is 11.4 Å². The maximum absolute atomic E-state index is 4.58. The van der Waals surface area contributed by atoms with Crippen LogP contribution in [-0.2, 0) is 0 Å². The van der Waals surface area contributed by atoms with Crippen LogP contribution in [0.1, 0.15) is 6.42 Å². The van der Waals surface area contributed by atoms with Gasteiger partial charge in [-0.15, -0.1) is 11.8 Å². The molecule has 57 valence electrons. The van der Waals surface area contributed by atoms with Crippen molar-refractivity contribution in [3.05, 3.63) is 24.4 Å². The van der Waals surface area contributed by atoms with Gasteiger partial charge < -0.3 is 0 Å². The quantitative estimate of drug-likeness (QED) is 0.403. The summed E-state index contributed by atoms with van der Waals surface area (Å²) in [5.41, 5.74) is 0. The molecule has 0 amide bonds. The summed E-state index contributed by atoms with van der Waals surface area (Å²) in [4.78, 5) is 4.15. The summed E-state index contributed by atoms with van der Waals surface area (Å²) in [6.07, 6.45) is 2.64. The molecule has 1 aromatic heterocycles. The number of nitrogens with zero attached hydrogens (tertiary/aromatic N) is 1. The number of thioether (sulfide) groups is 1. The van der Waals surface area contributed by atoms with Crippen LogP contribution in [0.15, 0.2) is 29.4 Å². The summed E-state index contributed by atoms with van der Waals surface area (Å²) in [7, 11) is 0. The van der Waals surface area contributed by atoms with Crippen LogP contribution in [0.5, 0.6) is 0 Å². The van der Waals surface area contributed by atoms with Crippen molar-refractivity contribution in [3.63, 3.8) is 0 Å². The summed E-state index contributed by atoms with van der Waals surface area (Å²) in [5, 5.41) is 3.73. The highest BCUT2D eigenvalue weighted by Gasteiger charge is 1.90. The van der Waals surface area contributed by atoms with Gasteiger partial charge in [0.2, 0.25) is 0 Å². The van der Waals surface area contributed by atoms with E-state index < -0.39 is 0 Å². The maximum Gasteiger partial charge on any atom is 0.0959 e. The number of hydrogen-bond acceptors (Lipinski definition) is 3. The van der Waals surface area contributed by atoms with Gasteiger partial charge in [0, 0.05) is 17.3 Å². The van der Waals surface area contributed by atoms with Crippen LogP contribution in [0.3, 0.4) is 0 Å². The molecule has 11 heavy (non-hydrogen) atoms. The van der Waals surface area contributed by atoms with Gasteiger partial charge in [0.15, 0.2) is 0 Å². The zero-order chi connectivity index (χ0) is 7.94. The highest BCUT2D eigenvalue weighted by atomic mass is 32.2. The van der Waals surface area contributed by atoms with E-state index in [2.05, 4.69) is 22.6 Å². The second-order valence-corrected chi connectivity index (χ2v) is 3.31. The standard InChI is InChI=1S/C8H8NS2/c10-6-3-7-11-8-4-1-2-5-9-8/h1-2,4-5H,3,7H2. The third-order valence-electron chi connectivity index (χ3n) is 1.09. The Morgan fingerprint density at radius 2 is 2.45 bits per heavy atom. The van der Waals surface area contributed by atoms with Crippen molar-refractivity contribution in [2.24, 2.45) is 0 Å². The summed E-state index contributed by atoms with van der Waals surface area (Å²) in [6, 6.07) is 5.89. The molecule has 1 heterocycles. The number of rotatable bonds is 4. The fourth-order valence-electron chi connectivity index (χ4n) is 0.630. The van der Waals surface area contributed by atoms with Crippen molar-refractivity contribution >= 4 is 29.3 Å². The summed E-state index contributed by atoms with van der Waals surface area (Å²) in [5.74, 6) is 0.973. The maximum atomic E-state index is 4.58. The molecule has 1 radical (unpaired) electrons. The van der Waals surface area contributed by atoms with Crippen LogP contribution in [0.25, 0.3) is 0 Å². The lowest BCUT2D eigenvalue weighted by Gasteiger charge is -1.95. The Morgan fingerprint density at radius 3 is 3.09 bits per heavy atom. The van der Waals surface area contributed by atoms with E-state index in [1.54, 1.807) is 18.0 Å². The molecule has 0 spiro atoms. The van der Waals surface area contributed by atoms with Crippen molar-refractivity contribution in [1.29, 1.82) is 0 Å². The molecule has 1 nitrogen and oxygen atoms in total. The Hall–Kier alpha value is -0.410. The van der Waals surface area contributed by atoms with Gasteiger partial charge >= 0.3 is 0 Å². The minimum Gasteiger partial charge on any atom is -0.250 e. The predicted octanol–water partition coefficient (Wildman–Crippen LogP) is 2.44. The summed E-state index contributed by atoms with van der Waals surface area (Å²) in [6.45, 7) is 0. The van der Waals surface area contributed by atoms with E-state index in [9.17, 15) is 0 Å². The van der Waals surface area contributed by atoms with Crippen LogP contribution in [-0.4, -0.2) is 16.1 Å². The third-order valence-corrected chi connectivity index (χ3v) is 2.24. The molecule has 0 aromatic carbocycles. The molecule has 0 fully saturated rings. The molecule has 3 heteroatoms. The lowest BCUT2D eigenvalue weighted by Crippen LogP contribution is -1.81. The first kappa shape index (κ1) is 8.68. The summed E-state index contributed by atoms with van der Waals surface area (Å²) < 4.78 is 0. The normalized spacial score (nSPS) is 9.45. The molecule has 0 atom stereocenters. The smallest absolute Gasteiger partial charge is 0.0959 e. The molecule has 0 unspecified atom stereocenters. The number of hydrogen-bond donors (Lipinski definition) is 0. The molecule has 0 aliphatic heterocycles. The van der Waals surface area contributed by atoms with Gasteiger partial charge in [-0.05, 0) is 18.6 Å². The molecule has 1 rings (SSSR count). The van der Waals surface area contributed by atoms with E-state index in [1.807, 2.05) is 18.2 Å². The number of pyridine rings is 1. The molecule has 0 saturated heterocycles. The van der Waals surface area contributed by atoms with Gasteiger partial charge in [-0.25, -0.2) is 4.98 Å². The molecule has 0 aliphatic carbocycles. The third kappa shape index (κ3) is 3.49. The summed E-state index contributed by atoms with van der Waals surface area (Å²) >= 11 is 6.29.